The minimum absolute atomic E-state index is 0.0415. The van der Waals surface area contributed by atoms with Gasteiger partial charge in [0.25, 0.3) is 5.91 Å². The molecule has 1 heterocycles. The molecule has 1 aliphatic heterocycles. The summed E-state index contributed by atoms with van der Waals surface area (Å²) in [5.41, 5.74) is 0.425. The van der Waals surface area contributed by atoms with Crippen LogP contribution in [0.2, 0.25) is 0 Å². The van der Waals surface area contributed by atoms with Crippen molar-refractivity contribution in [3.05, 3.63) is 42.0 Å². The normalized spacial score (nSPS) is 16.5. The molecule has 1 fully saturated rings. The molecule has 0 bridgehead atoms. The van der Waals surface area contributed by atoms with E-state index in [9.17, 15) is 9.90 Å². The van der Waals surface area contributed by atoms with Gasteiger partial charge in [-0.3, -0.25) is 4.79 Å². The van der Waals surface area contributed by atoms with Crippen LogP contribution in [-0.4, -0.2) is 29.0 Å². The van der Waals surface area contributed by atoms with Gasteiger partial charge in [-0.05, 0) is 24.3 Å². The number of amides is 1. The lowest BCUT2D eigenvalue weighted by atomic mass is 10.0. The Morgan fingerprint density at radius 2 is 1.57 bits per heavy atom. The zero-order chi connectivity index (χ0) is 14.7. The number of rotatable bonds is 1. The number of carbonyl (C=O) groups is 1. The molecule has 1 aliphatic rings. The highest BCUT2D eigenvalue weighted by Gasteiger charge is 2.20. The zero-order valence-corrected chi connectivity index (χ0v) is 12.2. The van der Waals surface area contributed by atoms with Crippen molar-refractivity contribution in [2.75, 3.05) is 13.1 Å². The van der Waals surface area contributed by atoms with Gasteiger partial charge in [-0.25, -0.2) is 0 Å². The Bertz CT molecular complexity index is 643. The first-order valence-electron chi connectivity index (χ1n) is 7.77. The van der Waals surface area contributed by atoms with Gasteiger partial charge in [-0.1, -0.05) is 49.6 Å². The lowest BCUT2D eigenvalue weighted by molar-refractivity contribution is 0.0739. The van der Waals surface area contributed by atoms with Crippen LogP contribution in [0.15, 0.2) is 36.4 Å². The molecule has 0 aliphatic carbocycles. The minimum atomic E-state index is -0.0415. The van der Waals surface area contributed by atoms with Crippen molar-refractivity contribution in [1.29, 1.82) is 0 Å². The van der Waals surface area contributed by atoms with Crippen LogP contribution in [-0.2, 0) is 0 Å². The first-order chi connectivity index (χ1) is 10.3. The predicted molar refractivity (Wildman–Crippen MR) is 84.6 cm³/mol. The molecular formula is C18H21NO2. The largest absolute Gasteiger partial charge is 0.506 e. The molecule has 2 aromatic carbocycles. The number of aromatic hydroxyl groups is 1. The van der Waals surface area contributed by atoms with E-state index in [1.54, 1.807) is 6.07 Å². The predicted octanol–water partition coefficient (Wildman–Crippen LogP) is 3.95. The summed E-state index contributed by atoms with van der Waals surface area (Å²) in [6.07, 6.45) is 5.75. The van der Waals surface area contributed by atoms with Crippen molar-refractivity contribution < 1.29 is 9.90 Å². The van der Waals surface area contributed by atoms with Crippen LogP contribution < -0.4 is 0 Å². The van der Waals surface area contributed by atoms with E-state index in [-0.39, 0.29) is 11.7 Å². The molecule has 0 radical (unpaired) electrons. The van der Waals surface area contributed by atoms with E-state index in [1.165, 1.54) is 19.3 Å². The summed E-state index contributed by atoms with van der Waals surface area (Å²) in [6, 6.07) is 11.3. The summed E-state index contributed by atoms with van der Waals surface area (Å²) < 4.78 is 0. The molecule has 1 saturated heterocycles. The van der Waals surface area contributed by atoms with Crippen LogP contribution in [0, 0.1) is 0 Å². The smallest absolute Gasteiger partial charge is 0.257 e. The highest BCUT2D eigenvalue weighted by Crippen LogP contribution is 2.29. The standard InChI is InChI=1S/C18H21NO2/c20-17-15-9-5-4-8-14(15)10-11-16(17)18(21)19-12-6-2-1-3-7-13-19/h4-5,8-11,20H,1-3,6-7,12-13H2. The van der Waals surface area contributed by atoms with Crippen LogP contribution in [0.1, 0.15) is 42.5 Å². The molecule has 0 aromatic heterocycles. The fourth-order valence-electron chi connectivity index (χ4n) is 3.05. The Morgan fingerprint density at radius 3 is 2.33 bits per heavy atom. The lowest BCUT2D eigenvalue weighted by Gasteiger charge is -2.25. The highest BCUT2D eigenvalue weighted by molar-refractivity contribution is 6.03. The molecule has 110 valence electrons. The number of hydrogen-bond donors (Lipinski definition) is 1. The van der Waals surface area contributed by atoms with E-state index < -0.39 is 0 Å². The van der Waals surface area contributed by atoms with Crippen LogP contribution in [0.4, 0.5) is 0 Å². The molecule has 21 heavy (non-hydrogen) atoms. The molecule has 0 spiro atoms. The molecule has 0 atom stereocenters. The van der Waals surface area contributed by atoms with E-state index in [2.05, 4.69) is 0 Å². The summed E-state index contributed by atoms with van der Waals surface area (Å²) in [7, 11) is 0. The fraction of sp³-hybridized carbons (Fsp3) is 0.389. The third-order valence-electron chi connectivity index (χ3n) is 4.27. The molecule has 0 saturated carbocycles. The van der Waals surface area contributed by atoms with Crippen LogP contribution >= 0.6 is 0 Å². The Morgan fingerprint density at radius 1 is 0.905 bits per heavy atom. The number of benzene rings is 2. The van der Waals surface area contributed by atoms with E-state index in [1.807, 2.05) is 35.2 Å². The number of likely N-dealkylation sites (tertiary alicyclic amines) is 1. The van der Waals surface area contributed by atoms with Gasteiger partial charge >= 0.3 is 0 Å². The average molecular weight is 283 g/mol. The number of fused-ring (bicyclic) bond motifs is 1. The third kappa shape index (κ3) is 2.87. The molecule has 2 aromatic rings. The maximum atomic E-state index is 12.7. The van der Waals surface area contributed by atoms with E-state index in [0.29, 0.717) is 5.56 Å². The van der Waals surface area contributed by atoms with Crippen LogP contribution in [0.5, 0.6) is 5.75 Å². The van der Waals surface area contributed by atoms with Crippen molar-refractivity contribution in [3.8, 4) is 5.75 Å². The fourth-order valence-corrected chi connectivity index (χ4v) is 3.05. The van der Waals surface area contributed by atoms with E-state index in [4.69, 9.17) is 0 Å². The van der Waals surface area contributed by atoms with Crippen molar-refractivity contribution in [1.82, 2.24) is 4.90 Å². The van der Waals surface area contributed by atoms with E-state index >= 15 is 0 Å². The van der Waals surface area contributed by atoms with Gasteiger partial charge in [0.1, 0.15) is 5.75 Å². The van der Waals surface area contributed by atoms with Gasteiger partial charge in [0.2, 0.25) is 0 Å². The third-order valence-corrected chi connectivity index (χ3v) is 4.27. The van der Waals surface area contributed by atoms with Gasteiger partial charge in [-0.2, -0.15) is 0 Å². The molecule has 3 nitrogen and oxygen atoms in total. The van der Waals surface area contributed by atoms with Gasteiger partial charge in [0.05, 0.1) is 5.56 Å². The van der Waals surface area contributed by atoms with Gasteiger partial charge < -0.3 is 10.0 Å². The van der Waals surface area contributed by atoms with Gasteiger partial charge in [0, 0.05) is 18.5 Å². The summed E-state index contributed by atoms with van der Waals surface area (Å²) in [4.78, 5) is 14.6. The van der Waals surface area contributed by atoms with Crippen LogP contribution in [0.25, 0.3) is 10.8 Å². The first kappa shape index (κ1) is 13.9. The Hall–Kier alpha value is -2.03. The van der Waals surface area contributed by atoms with Crippen LogP contribution in [0.3, 0.4) is 0 Å². The second kappa shape index (κ2) is 6.17. The Labute approximate surface area is 125 Å². The molecule has 0 unspecified atom stereocenters. The molecule has 3 heteroatoms. The van der Waals surface area contributed by atoms with Gasteiger partial charge in [0.15, 0.2) is 0 Å². The molecule has 1 amide bonds. The maximum Gasteiger partial charge on any atom is 0.257 e. The topological polar surface area (TPSA) is 40.5 Å². The van der Waals surface area contributed by atoms with Crippen molar-refractivity contribution in [2.45, 2.75) is 32.1 Å². The summed E-state index contributed by atoms with van der Waals surface area (Å²) >= 11 is 0. The Balaban J connectivity index is 1.91. The summed E-state index contributed by atoms with van der Waals surface area (Å²) in [5, 5.41) is 12.1. The Kier molecular flexibility index (Phi) is 4.09. The summed E-state index contributed by atoms with van der Waals surface area (Å²) in [5.74, 6) is 0.0697. The number of phenolic OH excluding ortho intramolecular Hbond substituents is 1. The number of phenols is 1. The number of nitrogens with zero attached hydrogens (tertiary/aromatic N) is 1. The number of carbonyl (C=O) groups excluding carboxylic acids is 1. The maximum absolute atomic E-state index is 12.7. The number of hydrogen-bond acceptors (Lipinski definition) is 2. The summed E-state index contributed by atoms with van der Waals surface area (Å²) in [6.45, 7) is 1.59. The van der Waals surface area contributed by atoms with Gasteiger partial charge in [-0.15, -0.1) is 0 Å². The van der Waals surface area contributed by atoms with Crippen molar-refractivity contribution >= 4 is 16.7 Å². The molecule has 1 N–H and O–H groups in total. The molecular weight excluding hydrogens is 262 g/mol. The SMILES string of the molecule is O=C(c1ccc2ccccc2c1O)N1CCCCCCC1. The van der Waals surface area contributed by atoms with Crippen molar-refractivity contribution in [2.24, 2.45) is 0 Å². The quantitative estimate of drug-likeness (QED) is 0.860. The zero-order valence-electron chi connectivity index (χ0n) is 12.2. The second-order valence-electron chi connectivity index (χ2n) is 5.74. The average Bonchev–Trinajstić information content (AvgIpc) is 2.47. The second-order valence-corrected chi connectivity index (χ2v) is 5.74. The first-order valence-corrected chi connectivity index (χ1v) is 7.77. The lowest BCUT2D eigenvalue weighted by Crippen LogP contribution is -2.33. The monoisotopic (exact) mass is 283 g/mol. The van der Waals surface area contributed by atoms with E-state index in [0.717, 1.165) is 36.7 Å². The highest BCUT2D eigenvalue weighted by atomic mass is 16.3. The van der Waals surface area contributed by atoms with Crippen molar-refractivity contribution in [3.63, 3.8) is 0 Å². The molecule has 3 rings (SSSR count). The minimum Gasteiger partial charge on any atom is -0.506 e.